The van der Waals surface area contributed by atoms with Gasteiger partial charge in [0, 0.05) is 18.3 Å². The molecule has 0 aromatic carbocycles. The van der Waals surface area contributed by atoms with Gasteiger partial charge in [0.25, 0.3) is 5.56 Å². The summed E-state index contributed by atoms with van der Waals surface area (Å²) in [6.07, 6.45) is 6.30. The summed E-state index contributed by atoms with van der Waals surface area (Å²) in [5.41, 5.74) is 0.00635. The van der Waals surface area contributed by atoms with Crippen LogP contribution in [0.2, 0.25) is 0 Å². The van der Waals surface area contributed by atoms with Crippen LogP contribution in [0.5, 0.6) is 0 Å². The van der Waals surface area contributed by atoms with Crippen LogP contribution < -0.4 is 10.9 Å². The molecule has 2 aromatic heterocycles. The Bertz CT molecular complexity index is 641. The standard InChI is InChI=1S/C15H24N4OS/c1-5-6-7-8-11(15(2,3)4)17-13-18-19-12(20)9-10-16-14(19)21-13/h9-11H,5-8H2,1-4H3,(H,17,18). The van der Waals surface area contributed by atoms with Crippen LogP contribution in [0, 0.1) is 5.41 Å². The van der Waals surface area contributed by atoms with Gasteiger partial charge in [-0.05, 0) is 11.8 Å². The van der Waals surface area contributed by atoms with Crippen molar-refractivity contribution in [3.05, 3.63) is 22.6 Å². The molecule has 0 radical (unpaired) electrons. The first-order chi connectivity index (χ1) is 9.91. The van der Waals surface area contributed by atoms with Crippen LogP contribution in [0.15, 0.2) is 17.1 Å². The van der Waals surface area contributed by atoms with Gasteiger partial charge < -0.3 is 5.32 Å². The number of fused-ring (bicyclic) bond motifs is 1. The maximum atomic E-state index is 11.7. The highest BCUT2D eigenvalue weighted by Gasteiger charge is 2.25. The third-order valence-electron chi connectivity index (χ3n) is 3.61. The van der Waals surface area contributed by atoms with Crippen molar-refractivity contribution in [1.29, 1.82) is 0 Å². The minimum absolute atomic E-state index is 0.136. The molecule has 6 heteroatoms. The number of hydrogen-bond donors (Lipinski definition) is 1. The van der Waals surface area contributed by atoms with E-state index in [4.69, 9.17) is 0 Å². The Hall–Kier alpha value is -1.43. The molecule has 5 nitrogen and oxygen atoms in total. The molecule has 2 aromatic rings. The molecular formula is C15H24N4OS. The van der Waals surface area contributed by atoms with Gasteiger partial charge in [-0.25, -0.2) is 4.98 Å². The van der Waals surface area contributed by atoms with E-state index in [0.29, 0.717) is 11.0 Å². The average molecular weight is 308 g/mol. The van der Waals surface area contributed by atoms with Crippen LogP contribution in [-0.2, 0) is 0 Å². The molecule has 0 aliphatic heterocycles. The third-order valence-corrected chi connectivity index (χ3v) is 4.46. The van der Waals surface area contributed by atoms with Crippen molar-refractivity contribution < 1.29 is 0 Å². The fourth-order valence-electron chi connectivity index (χ4n) is 2.27. The molecular weight excluding hydrogens is 284 g/mol. The summed E-state index contributed by atoms with van der Waals surface area (Å²) in [4.78, 5) is 16.5. The number of anilines is 1. The van der Waals surface area contributed by atoms with Crippen LogP contribution in [-0.4, -0.2) is 20.6 Å². The monoisotopic (exact) mass is 308 g/mol. The summed E-state index contributed by atoms with van der Waals surface area (Å²) in [6, 6.07) is 1.76. The molecule has 1 atom stereocenters. The van der Waals surface area contributed by atoms with Gasteiger partial charge in [-0.2, -0.15) is 4.52 Å². The molecule has 0 bridgehead atoms. The molecule has 0 saturated heterocycles. The zero-order valence-corrected chi connectivity index (χ0v) is 14.0. The van der Waals surface area contributed by atoms with E-state index in [1.165, 1.54) is 47.4 Å². The van der Waals surface area contributed by atoms with Gasteiger partial charge in [-0.15, -0.1) is 5.10 Å². The zero-order chi connectivity index (χ0) is 15.5. The van der Waals surface area contributed by atoms with E-state index in [1.807, 2.05) is 0 Å². The smallest absolute Gasteiger partial charge is 0.275 e. The van der Waals surface area contributed by atoms with Crippen LogP contribution in [0.25, 0.3) is 4.96 Å². The van der Waals surface area contributed by atoms with Gasteiger partial charge >= 0.3 is 0 Å². The maximum Gasteiger partial charge on any atom is 0.275 e. The van der Waals surface area contributed by atoms with Crippen molar-refractivity contribution in [3.63, 3.8) is 0 Å². The lowest BCUT2D eigenvalue weighted by Gasteiger charge is -2.31. The number of nitrogens with zero attached hydrogens (tertiary/aromatic N) is 3. The molecule has 0 saturated carbocycles. The van der Waals surface area contributed by atoms with Gasteiger partial charge in [0.1, 0.15) is 0 Å². The lowest BCUT2D eigenvalue weighted by atomic mass is 9.84. The minimum atomic E-state index is -0.136. The quantitative estimate of drug-likeness (QED) is 0.829. The number of unbranched alkanes of at least 4 members (excludes halogenated alkanes) is 2. The van der Waals surface area contributed by atoms with E-state index in [-0.39, 0.29) is 11.0 Å². The molecule has 2 heterocycles. The van der Waals surface area contributed by atoms with Crippen molar-refractivity contribution in [2.45, 2.75) is 59.4 Å². The minimum Gasteiger partial charge on any atom is -0.357 e. The predicted molar refractivity (Wildman–Crippen MR) is 88.1 cm³/mol. The predicted octanol–water partition coefficient (Wildman–Crippen LogP) is 3.56. The average Bonchev–Trinajstić information content (AvgIpc) is 2.81. The van der Waals surface area contributed by atoms with E-state index in [0.717, 1.165) is 11.6 Å². The van der Waals surface area contributed by atoms with Crippen molar-refractivity contribution in [2.75, 3.05) is 5.32 Å². The second-order valence-corrected chi connectivity index (χ2v) is 7.40. The van der Waals surface area contributed by atoms with Crippen molar-refractivity contribution in [3.8, 4) is 0 Å². The van der Waals surface area contributed by atoms with Gasteiger partial charge in [0.2, 0.25) is 10.1 Å². The van der Waals surface area contributed by atoms with E-state index in [9.17, 15) is 4.79 Å². The lowest BCUT2D eigenvalue weighted by molar-refractivity contribution is 0.318. The summed E-state index contributed by atoms with van der Waals surface area (Å²) in [5.74, 6) is 0. The molecule has 2 rings (SSSR count). The van der Waals surface area contributed by atoms with E-state index in [2.05, 4.69) is 43.1 Å². The van der Waals surface area contributed by atoms with Crippen LogP contribution in [0.1, 0.15) is 53.4 Å². The SMILES string of the molecule is CCCCCC(Nc1nn2c(=O)ccnc2s1)C(C)(C)C. The summed E-state index contributed by atoms with van der Waals surface area (Å²) in [5, 5.41) is 8.61. The third kappa shape index (κ3) is 4.03. The second kappa shape index (κ2) is 6.56. The number of aromatic nitrogens is 3. The van der Waals surface area contributed by atoms with Crippen molar-refractivity contribution in [2.24, 2.45) is 5.41 Å². The first kappa shape index (κ1) is 15.9. The Kier molecular flexibility index (Phi) is 4.98. The van der Waals surface area contributed by atoms with E-state index in [1.54, 1.807) is 0 Å². The fraction of sp³-hybridized carbons (Fsp3) is 0.667. The molecule has 0 aliphatic carbocycles. The molecule has 1 unspecified atom stereocenters. The first-order valence-electron chi connectivity index (χ1n) is 7.53. The normalized spacial score (nSPS) is 13.5. The Morgan fingerprint density at radius 1 is 1.38 bits per heavy atom. The number of nitrogens with one attached hydrogen (secondary N) is 1. The highest BCUT2D eigenvalue weighted by molar-refractivity contribution is 7.20. The van der Waals surface area contributed by atoms with Gasteiger partial charge in [0.15, 0.2) is 0 Å². The zero-order valence-electron chi connectivity index (χ0n) is 13.2. The summed E-state index contributed by atoms with van der Waals surface area (Å²) >= 11 is 1.42. The Balaban J connectivity index is 2.18. The van der Waals surface area contributed by atoms with Crippen molar-refractivity contribution in [1.82, 2.24) is 14.6 Å². The largest absolute Gasteiger partial charge is 0.357 e. The highest BCUT2D eigenvalue weighted by Crippen LogP contribution is 2.28. The van der Waals surface area contributed by atoms with E-state index >= 15 is 0 Å². The van der Waals surface area contributed by atoms with Crippen molar-refractivity contribution >= 4 is 21.4 Å². The Morgan fingerprint density at radius 2 is 2.14 bits per heavy atom. The van der Waals surface area contributed by atoms with Gasteiger partial charge in [0.05, 0.1) is 0 Å². The summed E-state index contributed by atoms with van der Waals surface area (Å²) < 4.78 is 1.36. The molecule has 0 spiro atoms. The molecule has 0 fully saturated rings. The first-order valence-corrected chi connectivity index (χ1v) is 8.35. The topological polar surface area (TPSA) is 59.3 Å². The number of hydrogen-bond acceptors (Lipinski definition) is 5. The fourth-order valence-corrected chi connectivity index (χ4v) is 3.10. The Morgan fingerprint density at radius 3 is 2.76 bits per heavy atom. The molecule has 0 aliphatic rings. The molecule has 21 heavy (non-hydrogen) atoms. The molecule has 1 N–H and O–H groups in total. The molecule has 116 valence electrons. The lowest BCUT2D eigenvalue weighted by Crippen LogP contribution is -2.34. The maximum absolute atomic E-state index is 11.7. The van der Waals surface area contributed by atoms with Gasteiger partial charge in [-0.1, -0.05) is 58.3 Å². The summed E-state index contributed by atoms with van der Waals surface area (Å²) in [6.45, 7) is 8.90. The second-order valence-electron chi connectivity index (χ2n) is 6.44. The Labute approximate surface area is 129 Å². The van der Waals surface area contributed by atoms with Gasteiger partial charge in [-0.3, -0.25) is 4.79 Å². The van der Waals surface area contributed by atoms with E-state index < -0.39 is 0 Å². The van der Waals surface area contributed by atoms with Crippen LogP contribution in [0.4, 0.5) is 5.13 Å². The van der Waals surface area contributed by atoms with Crippen LogP contribution >= 0.6 is 11.3 Å². The van der Waals surface area contributed by atoms with Crippen LogP contribution in [0.3, 0.4) is 0 Å². The molecule has 0 amide bonds. The highest BCUT2D eigenvalue weighted by atomic mass is 32.1. The number of rotatable bonds is 6. The summed E-state index contributed by atoms with van der Waals surface area (Å²) in [7, 11) is 0.